The third-order valence-corrected chi connectivity index (χ3v) is 3.06. The van der Waals surface area contributed by atoms with Crippen LogP contribution in [0.2, 0.25) is 0 Å². The van der Waals surface area contributed by atoms with E-state index in [4.69, 9.17) is 10.5 Å². The number of rotatable bonds is 2. The standard InChI is InChI=1S/C11H11BrFN3O/c1-16-9(14)5-8(15-16)6-3-4-7(12)10(13)11(6)17-2/h3-5H,14H2,1-2H3. The lowest BCUT2D eigenvalue weighted by molar-refractivity contribution is 0.387. The number of hydrogen-bond donors (Lipinski definition) is 1. The van der Waals surface area contributed by atoms with Gasteiger partial charge in [0.05, 0.1) is 17.3 Å². The molecule has 4 nitrogen and oxygen atoms in total. The number of aryl methyl sites for hydroxylation is 1. The van der Waals surface area contributed by atoms with Gasteiger partial charge < -0.3 is 10.5 Å². The Morgan fingerprint density at radius 1 is 1.47 bits per heavy atom. The van der Waals surface area contributed by atoms with Crippen LogP contribution in [-0.2, 0) is 7.05 Å². The second-order valence-electron chi connectivity index (χ2n) is 3.52. The molecule has 1 aromatic heterocycles. The van der Waals surface area contributed by atoms with Crippen molar-refractivity contribution in [2.45, 2.75) is 0 Å². The predicted octanol–water partition coefficient (Wildman–Crippen LogP) is 2.58. The fraction of sp³-hybridized carbons (Fsp3) is 0.182. The molecule has 2 N–H and O–H groups in total. The van der Waals surface area contributed by atoms with Crippen molar-refractivity contribution in [3.05, 3.63) is 28.5 Å². The van der Waals surface area contributed by atoms with E-state index in [1.165, 1.54) is 11.8 Å². The fourth-order valence-electron chi connectivity index (χ4n) is 1.55. The number of nitrogens with zero attached hydrogens (tertiary/aromatic N) is 2. The van der Waals surface area contributed by atoms with Crippen LogP contribution in [0, 0.1) is 5.82 Å². The summed E-state index contributed by atoms with van der Waals surface area (Å²) in [5, 5.41) is 4.19. The minimum absolute atomic E-state index is 0.150. The average Bonchev–Trinajstić information content (AvgIpc) is 2.62. The molecule has 0 spiro atoms. The second-order valence-corrected chi connectivity index (χ2v) is 4.37. The molecule has 0 atom stereocenters. The Kier molecular flexibility index (Phi) is 3.06. The molecule has 90 valence electrons. The summed E-state index contributed by atoms with van der Waals surface area (Å²) in [6.07, 6.45) is 0. The number of nitrogens with two attached hydrogens (primary N) is 1. The first kappa shape index (κ1) is 11.9. The van der Waals surface area contributed by atoms with Crippen LogP contribution in [0.25, 0.3) is 11.3 Å². The lowest BCUT2D eigenvalue weighted by atomic mass is 10.1. The Morgan fingerprint density at radius 3 is 2.71 bits per heavy atom. The monoisotopic (exact) mass is 299 g/mol. The zero-order valence-electron chi connectivity index (χ0n) is 9.37. The highest BCUT2D eigenvalue weighted by atomic mass is 79.9. The maximum Gasteiger partial charge on any atom is 0.179 e. The lowest BCUT2D eigenvalue weighted by Crippen LogP contribution is -1.97. The molecule has 0 saturated carbocycles. The molecule has 0 aliphatic carbocycles. The van der Waals surface area contributed by atoms with E-state index < -0.39 is 5.82 Å². The Bertz CT molecular complexity index is 549. The smallest absolute Gasteiger partial charge is 0.179 e. The van der Waals surface area contributed by atoms with E-state index in [2.05, 4.69) is 21.0 Å². The van der Waals surface area contributed by atoms with Gasteiger partial charge in [-0.3, -0.25) is 4.68 Å². The molecule has 0 bridgehead atoms. The summed E-state index contributed by atoms with van der Waals surface area (Å²) >= 11 is 3.11. The summed E-state index contributed by atoms with van der Waals surface area (Å²) in [4.78, 5) is 0. The molecule has 0 fully saturated rings. The van der Waals surface area contributed by atoms with E-state index in [-0.39, 0.29) is 5.75 Å². The Labute approximate surface area is 106 Å². The van der Waals surface area contributed by atoms with Crippen molar-refractivity contribution < 1.29 is 9.13 Å². The predicted molar refractivity (Wildman–Crippen MR) is 67.3 cm³/mol. The first-order chi connectivity index (χ1) is 8.04. The van der Waals surface area contributed by atoms with Crippen molar-refractivity contribution in [3.8, 4) is 17.0 Å². The zero-order valence-corrected chi connectivity index (χ0v) is 11.0. The third kappa shape index (κ3) is 2.00. The number of ether oxygens (including phenoxy) is 1. The van der Waals surface area contributed by atoms with E-state index in [0.717, 1.165) is 0 Å². The third-order valence-electron chi connectivity index (χ3n) is 2.45. The van der Waals surface area contributed by atoms with Gasteiger partial charge in [0, 0.05) is 18.7 Å². The average molecular weight is 300 g/mol. The minimum atomic E-state index is -0.450. The molecule has 6 heteroatoms. The molecule has 0 aliphatic rings. The fourth-order valence-corrected chi connectivity index (χ4v) is 1.86. The first-order valence-corrected chi connectivity index (χ1v) is 5.65. The summed E-state index contributed by atoms with van der Waals surface area (Å²) in [7, 11) is 3.14. The van der Waals surface area contributed by atoms with Crippen LogP contribution in [0.1, 0.15) is 0 Å². The van der Waals surface area contributed by atoms with E-state index in [9.17, 15) is 4.39 Å². The number of anilines is 1. The summed E-state index contributed by atoms with van der Waals surface area (Å²) in [6, 6.07) is 5.01. The van der Waals surface area contributed by atoms with Crippen LogP contribution in [0.3, 0.4) is 0 Å². The molecular weight excluding hydrogens is 289 g/mol. The van der Waals surface area contributed by atoms with E-state index in [0.29, 0.717) is 21.5 Å². The van der Waals surface area contributed by atoms with Gasteiger partial charge in [0.2, 0.25) is 0 Å². The molecule has 1 heterocycles. The van der Waals surface area contributed by atoms with E-state index >= 15 is 0 Å². The number of aromatic nitrogens is 2. The highest BCUT2D eigenvalue weighted by Gasteiger charge is 2.16. The van der Waals surface area contributed by atoms with Crippen molar-refractivity contribution >= 4 is 21.7 Å². The Balaban J connectivity index is 2.63. The van der Waals surface area contributed by atoms with Crippen molar-refractivity contribution in [1.29, 1.82) is 0 Å². The van der Waals surface area contributed by atoms with Gasteiger partial charge in [0.15, 0.2) is 11.6 Å². The quantitative estimate of drug-likeness (QED) is 0.927. The second kappa shape index (κ2) is 4.37. The Hall–Kier alpha value is -1.56. The maximum atomic E-state index is 13.8. The normalized spacial score (nSPS) is 10.6. The zero-order chi connectivity index (χ0) is 12.6. The van der Waals surface area contributed by atoms with Gasteiger partial charge in [-0.05, 0) is 28.1 Å². The number of halogens is 2. The highest BCUT2D eigenvalue weighted by Crippen LogP contribution is 2.35. The largest absolute Gasteiger partial charge is 0.493 e. The molecule has 0 saturated heterocycles. The van der Waals surface area contributed by atoms with Crippen LogP contribution in [0.15, 0.2) is 22.7 Å². The van der Waals surface area contributed by atoms with Gasteiger partial charge in [0.1, 0.15) is 5.82 Å². The molecule has 2 aromatic rings. The van der Waals surface area contributed by atoms with Crippen molar-refractivity contribution in [3.63, 3.8) is 0 Å². The molecule has 0 radical (unpaired) electrons. The molecule has 0 aliphatic heterocycles. The van der Waals surface area contributed by atoms with Gasteiger partial charge in [-0.2, -0.15) is 5.10 Å². The first-order valence-electron chi connectivity index (χ1n) is 4.86. The van der Waals surface area contributed by atoms with Gasteiger partial charge >= 0.3 is 0 Å². The lowest BCUT2D eigenvalue weighted by Gasteiger charge is -2.08. The van der Waals surface area contributed by atoms with Crippen LogP contribution >= 0.6 is 15.9 Å². The molecule has 2 rings (SSSR count). The van der Waals surface area contributed by atoms with E-state index in [1.54, 1.807) is 25.2 Å². The molecule has 0 amide bonds. The SMILES string of the molecule is COc1c(-c2cc(N)n(C)n2)ccc(Br)c1F. The molecule has 17 heavy (non-hydrogen) atoms. The minimum Gasteiger partial charge on any atom is -0.493 e. The summed E-state index contributed by atoms with van der Waals surface area (Å²) in [5.41, 5.74) is 6.84. The number of benzene rings is 1. The van der Waals surface area contributed by atoms with Gasteiger partial charge in [0.25, 0.3) is 0 Å². The molecule has 1 aromatic carbocycles. The van der Waals surface area contributed by atoms with Crippen LogP contribution in [-0.4, -0.2) is 16.9 Å². The number of methoxy groups -OCH3 is 1. The van der Waals surface area contributed by atoms with Gasteiger partial charge in [-0.1, -0.05) is 0 Å². The topological polar surface area (TPSA) is 53.1 Å². The number of hydrogen-bond acceptors (Lipinski definition) is 3. The van der Waals surface area contributed by atoms with Crippen molar-refractivity contribution in [2.75, 3.05) is 12.8 Å². The van der Waals surface area contributed by atoms with Crippen LogP contribution in [0.5, 0.6) is 5.75 Å². The summed E-state index contributed by atoms with van der Waals surface area (Å²) in [6.45, 7) is 0. The van der Waals surface area contributed by atoms with Crippen LogP contribution < -0.4 is 10.5 Å². The van der Waals surface area contributed by atoms with Crippen molar-refractivity contribution in [1.82, 2.24) is 9.78 Å². The van der Waals surface area contributed by atoms with Crippen molar-refractivity contribution in [2.24, 2.45) is 7.05 Å². The van der Waals surface area contributed by atoms with Gasteiger partial charge in [-0.15, -0.1) is 0 Å². The molecule has 0 unspecified atom stereocenters. The molecular formula is C11H11BrFN3O. The Morgan fingerprint density at radius 2 is 2.18 bits per heavy atom. The maximum absolute atomic E-state index is 13.8. The summed E-state index contributed by atoms with van der Waals surface area (Å²) < 4.78 is 20.8. The number of nitrogen functional groups attached to an aromatic ring is 1. The highest BCUT2D eigenvalue weighted by molar-refractivity contribution is 9.10. The van der Waals surface area contributed by atoms with E-state index in [1.807, 2.05) is 0 Å². The van der Waals surface area contributed by atoms with Crippen LogP contribution in [0.4, 0.5) is 10.2 Å². The van der Waals surface area contributed by atoms with Gasteiger partial charge in [-0.25, -0.2) is 4.39 Å². The summed E-state index contributed by atoms with van der Waals surface area (Å²) in [5.74, 6) is 0.206.